The van der Waals surface area contributed by atoms with Crippen molar-refractivity contribution in [2.75, 3.05) is 19.6 Å². The number of carbonyl (C=O) groups is 2. The molecule has 0 spiro atoms. The number of imidazole rings is 1. The van der Waals surface area contributed by atoms with Crippen molar-refractivity contribution in [3.63, 3.8) is 0 Å². The summed E-state index contributed by atoms with van der Waals surface area (Å²) in [4.78, 5) is 31.6. The fourth-order valence-corrected chi connectivity index (χ4v) is 2.75. The molecule has 108 valence electrons. The fraction of sp³-hybridized carbons (Fsp3) is 0.615. The number of hydrogen-bond acceptors (Lipinski definition) is 4. The van der Waals surface area contributed by atoms with Crippen LogP contribution in [0.15, 0.2) is 6.33 Å². The van der Waals surface area contributed by atoms with Gasteiger partial charge in [0.2, 0.25) is 0 Å². The summed E-state index contributed by atoms with van der Waals surface area (Å²) >= 11 is 0. The number of amides is 1. The molecule has 0 bridgehead atoms. The highest BCUT2D eigenvalue weighted by Gasteiger charge is 2.34. The summed E-state index contributed by atoms with van der Waals surface area (Å²) in [5.41, 5.74) is -0.205. The largest absolute Gasteiger partial charge is 0.477 e. The molecule has 1 amide bonds. The van der Waals surface area contributed by atoms with Crippen molar-refractivity contribution in [1.82, 2.24) is 20.2 Å². The predicted octanol–water partition coefficient (Wildman–Crippen LogP) is 0.322. The van der Waals surface area contributed by atoms with E-state index in [0.29, 0.717) is 12.5 Å². The van der Waals surface area contributed by atoms with Crippen molar-refractivity contribution < 1.29 is 14.7 Å². The number of carbonyl (C=O) groups excluding carboxylic acids is 1. The lowest BCUT2D eigenvalue weighted by atomic mass is 10.1. The number of aromatic nitrogens is 2. The highest BCUT2D eigenvalue weighted by atomic mass is 16.4. The molecule has 1 atom stereocenters. The van der Waals surface area contributed by atoms with E-state index in [1.54, 1.807) is 0 Å². The van der Waals surface area contributed by atoms with Gasteiger partial charge in [0.25, 0.3) is 5.91 Å². The van der Waals surface area contributed by atoms with Gasteiger partial charge in [-0.05, 0) is 31.7 Å². The van der Waals surface area contributed by atoms with Crippen LogP contribution >= 0.6 is 0 Å². The van der Waals surface area contributed by atoms with Crippen molar-refractivity contribution >= 4 is 11.9 Å². The molecule has 1 aliphatic heterocycles. The molecule has 0 aromatic carbocycles. The Kier molecular flexibility index (Phi) is 3.43. The average Bonchev–Trinajstić information content (AvgIpc) is 2.98. The van der Waals surface area contributed by atoms with Crippen LogP contribution in [0.5, 0.6) is 0 Å². The molecule has 2 fully saturated rings. The molecule has 1 aromatic heterocycles. The van der Waals surface area contributed by atoms with Crippen molar-refractivity contribution in [2.45, 2.75) is 25.3 Å². The maximum Gasteiger partial charge on any atom is 0.354 e. The minimum atomic E-state index is -1.17. The molecule has 3 rings (SSSR count). The van der Waals surface area contributed by atoms with E-state index in [1.807, 2.05) is 0 Å². The highest BCUT2D eigenvalue weighted by Crippen LogP contribution is 2.31. The predicted molar refractivity (Wildman–Crippen MR) is 70.6 cm³/mol. The summed E-state index contributed by atoms with van der Waals surface area (Å²) in [6.07, 6.45) is 4.91. The smallest absolute Gasteiger partial charge is 0.354 e. The van der Waals surface area contributed by atoms with Gasteiger partial charge in [-0.15, -0.1) is 0 Å². The second kappa shape index (κ2) is 5.24. The third kappa shape index (κ3) is 2.67. The van der Waals surface area contributed by atoms with E-state index >= 15 is 0 Å². The quantitative estimate of drug-likeness (QED) is 0.720. The van der Waals surface area contributed by atoms with E-state index in [9.17, 15) is 9.59 Å². The first-order valence-electron chi connectivity index (χ1n) is 6.94. The zero-order valence-corrected chi connectivity index (χ0v) is 11.1. The van der Waals surface area contributed by atoms with E-state index in [2.05, 4.69) is 20.2 Å². The van der Waals surface area contributed by atoms with E-state index in [4.69, 9.17) is 5.11 Å². The Labute approximate surface area is 116 Å². The van der Waals surface area contributed by atoms with Crippen LogP contribution in [-0.4, -0.2) is 57.5 Å². The Hall–Kier alpha value is -1.89. The van der Waals surface area contributed by atoms with Crippen molar-refractivity contribution in [3.05, 3.63) is 17.7 Å². The molecule has 0 radical (unpaired) electrons. The van der Waals surface area contributed by atoms with Crippen LogP contribution in [0.3, 0.4) is 0 Å². The Morgan fingerprint density at radius 2 is 2.25 bits per heavy atom. The number of H-pyrrole nitrogens is 1. The van der Waals surface area contributed by atoms with Gasteiger partial charge in [-0.25, -0.2) is 9.78 Å². The SMILES string of the molecule is O=C(NCC1CCN(C2CC2)C1)c1nc[nH]c1C(=O)O. The Morgan fingerprint density at radius 1 is 1.45 bits per heavy atom. The number of carboxylic acid groups (broad SMARTS) is 1. The third-order valence-electron chi connectivity index (χ3n) is 4.00. The molecular weight excluding hydrogens is 260 g/mol. The summed E-state index contributed by atoms with van der Waals surface area (Å²) < 4.78 is 0. The number of nitrogens with one attached hydrogen (secondary N) is 2. The van der Waals surface area contributed by atoms with Gasteiger partial charge in [0.05, 0.1) is 6.33 Å². The molecule has 3 N–H and O–H groups in total. The monoisotopic (exact) mass is 278 g/mol. The molecule has 1 aromatic rings. The van der Waals surface area contributed by atoms with Crippen LogP contribution in [0, 0.1) is 5.92 Å². The van der Waals surface area contributed by atoms with Crippen LogP contribution in [0.25, 0.3) is 0 Å². The van der Waals surface area contributed by atoms with Gasteiger partial charge in [0.15, 0.2) is 11.4 Å². The molecule has 2 aliphatic rings. The standard InChI is InChI=1S/C13H18N4O3/c18-12(10-11(13(19)20)16-7-15-10)14-5-8-3-4-17(6-8)9-1-2-9/h7-9H,1-6H2,(H,14,18)(H,15,16)(H,19,20). The Morgan fingerprint density at radius 3 is 2.95 bits per heavy atom. The first-order chi connectivity index (χ1) is 9.65. The summed E-state index contributed by atoms with van der Waals surface area (Å²) in [5, 5.41) is 11.7. The van der Waals surface area contributed by atoms with E-state index in [1.165, 1.54) is 19.2 Å². The van der Waals surface area contributed by atoms with Crippen LogP contribution in [0.1, 0.15) is 40.2 Å². The molecule has 1 saturated heterocycles. The van der Waals surface area contributed by atoms with E-state index in [-0.39, 0.29) is 11.4 Å². The summed E-state index contributed by atoms with van der Waals surface area (Å²) in [7, 11) is 0. The first kappa shape index (κ1) is 13.1. The number of hydrogen-bond donors (Lipinski definition) is 3. The van der Waals surface area contributed by atoms with Crippen LogP contribution in [-0.2, 0) is 0 Å². The Bertz CT molecular complexity index is 523. The second-order valence-corrected chi connectivity index (χ2v) is 5.52. The van der Waals surface area contributed by atoms with Gasteiger partial charge in [-0.3, -0.25) is 4.79 Å². The van der Waals surface area contributed by atoms with Gasteiger partial charge < -0.3 is 20.3 Å². The highest BCUT2D eigenvalue weighted by molar-refractivity contribution is 6.02. The topological polar surface area (TPSA) is 98.3 Å². The molecule has 2 heterocycles. The summed E-state index contributed by atoms with van der Waals surface area (Å²) in [6.45, 7) is 2.71. The zero-order chi connectivity index (χ0) is 14.1. The van der Waals surface area contributed by atoms with Crippen molar-refractivity contribution in [1.29, 1.82) is 0 Å². The summed E-state index contributed by atoms with van der Waals surface area (Å²) in [6, 6.07) is 0.764. The normalized spacial score (nSPS) is 22.9. The van der Waals surface area contributed by atoms with Gasteiger partial charge in [0, 0.05) is 19.1 Å². The minimum absolute atomic E-state index is 0.0467. The average molecular weight is 278 g/mol. The van der Waals surface area contributed by atoms with Gasteiger partial charge in [0.1, 0.15) is 0 Å². The molecule has 20 heavy (non-hydrogen) atoms. The van der Waals surface area contributed by atoms with Gasteiger partial charge in [-0.1, -0.05) is 0 Å². The molecule has 7 nitrogen and oxygen atoms in total. The summed E-state index contributed by atoms with van der Waals surface area (Å²) in [5.74, 6) is -1.14. The number of aromatic amines is 1. The van der Waals surface area contributed by atoms with Crippen molar-refractivity contribution in [2.24, 2.45) is 5.92 Å². The zero-order valence-electron chi connectivity index (χ0n) is 11.1. The maximum absolute atomic E-state index is 11.9. The van der Waals surface area contributed by atoms with Crippen LogP contribution < -0.4 is 5.32 Å². The second-order valence-electron chi connectivity index (χ2n) is 5.52. The lowest BCUT2D eigenvalue weighted by Gasteiger charge is -2.14. The molecule has 1 aliphatic carbocycles. The lowest BCUT2D eigenvalue weighted by Crippen LogP contribution is -2.32. The van der Waals surface area contributed by atoms with Crippen LogP contribution in [0.4, 0.5) is 0 Å². The van der Waals surface area contributed by atoms with E-state index in [0.717, 1.165) is 25.6 Å². The van der Waals surface area contributed by atoms with Crippen molar-refractivity contribution in [3.8, 4) is 0 Å². The molecule has 7 heteroatoms. The van der Waals surface area contributed by atoms with E-state index < -0.39 is 11.9 Å². The maximum atomic E-state index is 11.9. The molecule has 1 unspecified atom stereocenters. The molecular formula is C13H18N4O3. The first-order valence-corrected chi connectivity index (χ1v) is 6.94. The number of nitrogens with zero attached hydrogens (tertiary/aromatic N) is 2. The lowest BCUT2D eigenvalue weighted by molar-refractivity contribution is 0.0685. The molecule has 1 saturated carbocycles. The third-order valence-corrected chi connectivity index (χ3v) is 4.00. The Balaban J connectivity index is 1.52. The fourth-order valence-electron chi connectivity index (χ4n) is 2.75. The number of carboxylic acids is 1. The number of rotatable bonds is 5. The number of aromatic carboxylic acids is 1. The van der Waals surface area contributed by atoms with Gasteiger partial charge in [-0.2, -0.15) is 0 Å². The number of likely N-dealkylation sites (tertiary alicyclic amines) is 1. The van der Waals surface area contributed by atoms with Crippen LogP contribution in [0.2, 0.25) is 0 Å². The van der Waals surface area contributed by atoms with Gasteiger partial charge >= 0.3 is 5.97 Å². The minimum Gasteiger partial charge on any atom is -0.477 e.